The van der Waals surface area contributed by atoms with E-state index in [1.54, 1.807) is 0 Å². The number of hydrogen-bond acceptors (Lipinski definition) is 4. The van der Waals surface area contributed by atoms with Gasteiger partial charge in [0.2, 0.25) is 0 Å². The SMILES string of the molecule is O=S1(=O)CCCC1CNc1ccc(F)cn1. The van der Waals surface area contributed by atoms with Crippen LogP contribution in [0.4, 0.5) is 10.2 Å². The summed E-state index contributed by atoms with van der Waals surface area (Å²) in [6.45, 7) is 0.348. The zero-order chi connectivity index (χ0) is 11.6. The van der Waals surface area contributed by atoms with Crippen LogP contribution >= 0.6 is 0 Å². The number of rotatable bonds is 3. The van der Waals surface area contributed by atoms with Gasteiger partial charge in [-0.1, -0.05) is 0 Å². The number of nitrogens with zero attached hydrogens (tertiary/aromatic N) is 1. The van der Waals surface area contributed by atoms with E-state index in [0.717, 1.165) is 12.6 Å². The highest BCUT2D eigenvalue weighted by atomic mass is 32.2. The van der Waals surface area contributed by atoms with Gasteiger partial charge in [0.25, 0.3) is 0 Å². The normalized spacial score (nSPS) is 23.2. The highest BCUT2D eigenvalue weighted by Gasteiger charge is 2.30. The van der Waals surface area contributed by atoms with Crippen molar-refractivity contribution in [3.05, 3.63) is 24.1 Å². The molecule has 1 atom stereocenters. The molecule has 1 aliphatic heterocycles. The molecule has 1 unspecified atom stereocenters. The first kappa shape index (κ1) is 11.3. The van der Waals surface area contributed by atoms with Gasteiger partial charge in [0.15, 0.2) is 9.84 Å². The number of halogens is 1. The van der Waals surface area contributed by atoms with E-state index in [0.29, 0.717) is 18.8 Å². The molecule has 1 fully saturated rings. The molecular weight excluding hydrogens is 231 g/mol. The Morgan fingerprint density at radius 2 is 2.31 bits per heavy atom. The van der Waals surface area contributed by atoms with Crippen LogP contribution in [0.5, 0.6) is 0 Å². The molecule has 2 heterocycles. The first-order chi connectivity index (χ1) is 7.58. The molecule has 1 saturated heterocycles. The summed E-state index contributed by atoms with van der Waals surface area (Å²) in [6.07, 6.45) is 2.52. The van der Waals surface area contributed by atoms with Gasteiger partial charge in [0, 0.05) is 6.54 Å². The van der Waals surface area contributed by atoms with Gasteiger partial charge < -0.3 is 5.32 Å². The lowest BCUT2D eigenvalue weighted by Gasteiger charge is -2.10. The van der Waals surface area contributed by atoms with Gasteiger partial charge in [-0.25, -0.2) is 17.8 Å². The van der Waals surface area contributed by atoms with E-state index in [1.807, 2.05) is 0 Å². The van der Waals surface area contributed by atoms with Crippen LogP contribution in [-0.2, 0) is 9.84 Å². The van der Waals surface area contributed by atoms with Gasteiger partial charge in [0.05, 0.1) is 17.2 Å². The number of nitrogens with one attached hydrogen (secondary N) is 1. The maximum atomic E-state index is 12.6. The molecule has 0 bridgehead atoms. The third-order valence-corrected chi connectivity index (χ3v) is 4.98. The number of aromatic nitrogens is 1. The molecule has 0 aromatic carbocycles. The maximum absolute atomic E-state index is 12.6. The molecule has 16 heavy (non-hydrogen) atoms. The van der Waals surface area contributed by atoms with Gasteiger partial charge in [-0.2, -0.15) is 0 Å². The molecule has 1 aromatic heterocycles. The number of sulfone groups is 1. The van der Waals surface area contributed by atoms with Crippen molar-refractivity contribution in [2.45, 2.75) is 18.1 Å². The van der Waals surface area contributed by atoms with Crippen LogP contribution in [0.1, 0.15) is 12.8 Å². The lowest BCUT2D eigenvalue weighted by molar-refractivity contribution is 0.591. The summed E-state index contributed by atoms with van der Waals surface area (Å²) in [4.78, 5) is 3.81. The Balaban J connectivity index is 1.95. The van der Waals surface area contributed by atoms with Crippen LogP contribution in [0.25, 0.3) is 0 Å². The molecule has 0 spiro atoms. The third kappa shape index (κ3) is 2.49. The number of pyridine rings is 1. The third-order valence-electron chi connectivity index (χ3n) is 2.70. The zero-order valence-electron chi connectivity index (χ0n) is 8.69. The number of hydrogen-bond donors (Lipinski definition) is 1. The van der Waals surface area contributed by atoms with Gasteiger partial charge >= 0.3 is 0 Å². The lowest BCUT2D eigenvalue weighted by atomic mass is 10.2. The molecule has 4 nitrogen and oxygen atoms in total. The second-order valence-electron chi connectivity index (χ2n) is 3.87. The smallest absolute Gasteiger partial charge is 0.154 e. The van der Waals surface area contributed by atoms with E-state index in [-0.39, 0.29) is 11.0 Å². The van der Waals surface area contributed by atoms with Crippen LogP contribution in [0.3, 0.4) is 0 Å². The van der Waals surface area contributed by atoms with Crippen molar-refractivity contribution < 1.29 is 12.8 Å². The second-order valence-corrected chi connectivity index (χ2v) is 6.27. The molecule has 0 aliphatic carbocycles. The number of anilines is 1. The van der Waals surface area contributed by atoms with Crippen LogP contribution < -0.4 is 5.32 Å². The van der Waals surface area contributed by atoms with E-state index >= 15 is 0 Å². The molecule has 88 valence electrons. The Kier molecular flexibility index (Phi) is 3.09. The van der Waals surface area contributed by atoms with Gasteiger partial charge in [-0.05, 0) is 25.0 Å². The van der Waals surface area contributed by atoms with Crippen LogP contribution in [0.2, 0.25) is 0 Å². The molecule has 2 rings (SSSR count). The van der Waals surface area contributed by atoms with Crippen molar-refractivity contribution in [3.8, 4) is 0 Å². The van der Waals surface area contributed by atoms with Crippen molar-refractivity contribution in [1.29, 1.82) is 0 Å². The van der Waals surface area contributed by atoms with Gasteiger partial charge in [0.1, 0.15) is 11.6 Å². The maximum Gasteiger partial charge on any atom is 0.154 e. The molecule has 1 aromatic rings. The van der Waals surface area contributed by atoms with Crippen LogP contribution in [0, 0.1) is 5.82 Å². The van der Waals surface area contributed by atoms with E-state index in [1.165, 1.54) is 12.1 Å². The Morgan fingerprint density at radius 1 is 1.50 bits per heavy atom. The second kappa shape index (κ2) is 4.37. The van der Waals surface area contributed by atoms with Gasteiger partial charge in [-0.15, -0.1) is 0 Å². The summed E-state index contributed by atoms with van der Waals surface area (Å²) in [7, 11) is -2.93. The fraction of sp³-hybridized carbons (Fsp3) is 0.500. The predicted octanol–water partition coefficient (Wildman–Crippen LogP) is 1.21. The molecular formula is C10H13FN2O2S. The summed E-state index contributed by atoms with van der Waals surface area (Å²) in [6, 6.07) is 2.79. The standard InChI is InChI=1S/C10H13FN2O2S/c11-8-3-4-10(12-6-8)13-7-9-2-1-5-16(9,14)15/h3-4,6,9H,1-2,5,7H2,(H,12,13). The van der Waals surface area contributed by atoms with Crippen molar-refractivity contribution in [2.24, 2.45) is 0 Å². The molecule has 6 heteroatoms. The quantitative estimate of drug-likeness (QED) is 0.868. The van der Waals surface area contributed by atoms with Crippen molar-refractivity contribution in [3.63, 3.8) is 0 Å². The first-order valence-electron chi connectivity index (χ1n) is 5.15. The molecule has 1 aliphatic rings. The van der Waals surface area contributed by atoms with E-state index < -0.39 is 15.7 Å². The van der Waals surface area contributed by atoms with E-state index in [4.69, 9.17) is 0 Å². The topological polar surface area (TPSA) is 59.1 Å². The Labute approximate surface area is 93.8 Å². The molecule has 0 radical (unpaired) electrons. The molecule has 1 N–H and O–H groups in total. The van der Waals surface area contributed by atoms with Crippen LogP contribution in [-0.4, -0.2) is 30.9 Å². The largest absolute Gasteiger partial charge is 0.369 e. The first-order valence-corrected chi connectivity index (χ1v) is 6.86. The predicted molar refractivity (Wildman–Crippen MR) is 59.5 cm³/mol. The van der Waals surface area contributed by atoms with E-state index in [2.05, 4.69) is 10.3 Å². The Hall–Kier alpha value is -1.17. The molecule has 0 amide bonds. The fourth-order valence-corrected chi connectivity index (χ4v) is 3.55. The minimum atomic E-state index is -2.93. The van der Waals surface area contributed by atoms with Crippen LogP contribution in [0.15, 0.2) is 18.3 Å². The Bertz CT molecular complexity index is 458. The molecule has 0 saturated carbocycles. The summed E-state index contributed by atoms with van der Waals surface area (Å²) in [5, 5.41) is 2.58. The highest BCUT2D eigenvalue weighted by molar-refractivity contribution is 7.92. The average molecular weight is 244 g/mol. The van der Waals surface area contributed by atoms with Crippen molar-refractivity contribution in [2.75, 3.05) is 17.6 Å². The zero-order valence-corrected chi connectivity index (χ0v) is 9.50. The summed E-state index contributed by atoms with van der Waals surface area (Å²) in [5.74, 6) is 0.374. The summed E-state index contributed by atoms with van der Waals surface area (Å²) in [5.41, 5.74) is 0. The lowest BCUT2D eigenvalue weighted by Crippen LogP contribution is -2.25. The Morgan fingerprint density at radius 3 is 2.88 bits per heavy atom. The highest BCUT2D eigenvalue weighted by Crippen LogP contribution is 2.20. The van der Waals surface area contributed by atoms with Crippen molar-refractivity contribution in [1.82, 2.24) is 4.98 Å². The summed E-state index contributed by atoms with van der Waals surface area (Å²) < 4.78 is 35.6. The van der Waals surface area contributed by atoms with Crippen molar-refractivity contribution >= 4 is 15.7 Å². The van der Waals surface area contributed by atoms with Gasteiger partial charge in [-0.3, -0.25) is 0 Å². The monoisotopic (exact) mass is 244 g/mol. The minimum Gasteiger partial charge on any atom is -0.369 e. The summed E-state index contributed by atoms with van der Waals surface area (Å²) >= 11 is 0. The fourth-order valence-electron chi connectivity index (χ4n) is 1.79. The minimum absolute atomic E-state index is 0.274. The average Bonchev–Trinajstić information content (AvgIpc) is 2.57. The van der Waals surface area contributed by atoms with E-state index in [9.17, 15) is 12.8 Å².